The first-order valence-corrected chi connectivity index (χ1v) is 9.59. The van der Waals surface area contributed by atoms with Crippen molar-refractivity contribution in [3.8, 4) is 0 Å². The van der Waals surface area contributed by atoms with E-state index in [2.05, 4.69) is 4.98 Å². The van der Waals surface area contributed by atoms with E-state index in [1.54, 1.807) is 0 Å². The van der Waals surface area contributed by atoms with Crippen molar-refractivity contribution < 1.29 is 22.8 Å². The zero-order valence-corrected chi connectivity index (χ0v) is 14.6. The molecule has 0 saturated carbocycles. The molecule has 1 fully saturated rings. The van der Waals surface area contributed by atoms with Gasteiger partial charge in [0.15, 0.2) is 5.13 Å². The second kappa shape index (κ2) is 7.04. The molecule has 1 aromatic heterocycles. The molecular formula is C14H15FN4O4S2. The molecule has 1 aliphatic heterocycles. The van der Waals surface area contributed by atoms with Gasteiger partial charge in [-0.25, -0.2) is 23.3 Å². The molecule has 0 radical (unpaired) electrons. The number of carbonyl (C=O) groups is 1. The highest BCUT2D eigenvalue weighted by Crippen LogP contribution is 2.26. The first-order chi connectivity index (χ1) is 11.9. The van der Waals surface area contributed by atoms with Crippen LogP contribution in [0.15, 0.2) is 35.4 Å². The predicted octanol–water partition coefficient (Wildman–Crippen LogP) is 0.912. The lowest BCUT2D eigenvalue weighted by molar-refractivity contribution is 0.0710. The summed E-state index contributed by atoms with van der Waals surface area (Å²) < 4.78 is 40.2. The third-order valence-corrected chi connectivity index (χ3v) is 6.77. The number of nitrogens with one attached hydrogen (secondary N) is 1. The molecule has 2 heterocycles. The van der Waals surface area contributed by atoms with Gasteiger partial charge in [0.05, 0.1) is 6.20 Å². The molecule has 2 aromatic rings. The van der Waals surface area contributed by atoms with Gasteiger partial charge in [0.25, 0.3) is 5.91 Å². The van der Waals surface area contributed by atoms with Crippen LogP contribution in [0.2, 0.25) is 0 Å². The van der Waals surface area contributed by atoms with E-state index in [1.165, 1.54) is 34.2 Å². The molecule has 1 amide bonds. The highest BCUT2D eigenvalue weighted by molar-refractivity contribution is 7.89. The Balaban J connectivity index is 1.70. The predicted molar refractivity (Wildman–Crippen MR) is 88.7 cm³/mol. The number of aromatic nitrogens is 1. The van der Waals surface area contributed by atoms with Crippen molar-refractivity contribution in [2.24, 2.45) is 0 Å². The van der Waals surface area contributed by atoms with Gasteiger partial charge in [0, 0.05) is 26.2 Å². The van der Waals surface area contributed by atoms with Gasteiger partial charge in [-0.15, -0.1) is 0 Å². The number of amides is 1. The van der Waals surface area contributed by atoms with E-state index < -0.39 is 21.7 Å². The molecule has 2 N–H and O–H groups in total. The number of anilines is 1. The zero-order chi connectivity index (χ0) is 18.0. The summed E-state index contributed by atoms with van der Waals surface area (Å²) in [5.41, 5.74) is 1.54. The minimum absolute atomic E-state index is 0.178. The van der Waals surface area contributed by atoms with Crippen molar-refractivity contribution in [3.05, 3.63) is 41.2 Å². The van der Waals surface area contributed by atoms with Crippen molar-refractivity contribution in [2.75, 3.05) is 31.1 Å². The summed E-state index contributed by atoms with van der Waals surface area (Å²) in [6, 6.07) is 5.29. The highest BCUT2D eigenvalue weighted by atomic mass is 32.2. The average molecular weight is 386 g/mol. The van der Waals surface area contributed by atoms with Crippen LogP contribution in [0.1, 0.15) is 9.67 Å². The molecule has 8 nitrogen and oxygen atoms in total. The lowest BCUT2D eigenvalue weighted by Gasteiger charge is -2.33. The monoisotopic (exact) mass is 386 g/mol. The fourth-order valence-electron chi connectivity index (χ4n) is 2.48. The molecule has 0 aliphatic carbocycles. The Morgan fingerprint density at radius 2 is 1.92 bits per heavy atom. The third kappa shape index (κ3) is 3.49. The van der Waals surface area contributed by atoms with Crippen LogP contribution in [0, 0.1) is 5.82 Å². The fourth-order valence-corrected chi connectivity index (χ4v) is 4.83. The van der Waals surface area contributed by atoms with Gasteiger partial charge in [0.1, 0.15) is 15.6 Å². The van der Waals surface area contributed by atoms with Gasteiger partial charge < -0.3 is 4.90 Å². The maximum Gasteiger partial charge on any atom is 0.286 e. The van der Waals surface area contributed by atoms with Crippen molar-refractivity contribution in [2.45, 2.75) is 4.90 Å². The van der Waals surface area contributed by atoms with Crippen LogP contribution in [0.3, 0.4) is 0 Å². The molecule has 3 rings (SSSR count). The van der Waals surface area contributed by atoms with Gasteiger partial charge in [-0.3, -0.25) is 10.0 Å². The van der Waals surface area contributed by atoms with Gasteiger partial charge >= 0.3 is 0 Å². The van der Waals surface area contributed by atoms with Crippen LogP contribution in [-0.4, -0.2) is 55.0 Å². The Morgan fingerprint density at radius 3 is 2.56 bits per heavy atom. The molecule has 0 unspecified atom stereocenters. The number of sulfonamides is 1. The fraction of sp³-hybridized carbons (Fsp3) is 0.286. The van der Waals surface area contributed by atoms with Crippen LogP contribution in [0.5, 0.6) is 0 Å². The summed E-state index contributed by atoms with van der Waals surface area (Å²) in [6.45, 7) is 1.08. The van der Waals surface area contributed by atoms with E-state index in [9.17, 15) is 17.6 Å². The van der Waals surface area contributed by atoms with Crippen LogP contribution in [-0.2, 0) is 10.0 Å². The molecule has 134 valence electrons. The molecule has 0 bridgehead atoms. The molecule has 25 heavy (non-hydrogen) atoms. The summed E-state index contributed by atoms with van der Waals surface area (Å²) >= 11 is 1.09. The standard InChI is InChI=1S/C14H15FN4O4S2/c15-10-3-1-2-4-12(10)25(22,23)19-7-5-18(6-8-19)14-16-9-11(24-14)13(20)17-21/h1-4,9,21H,5-8H2,(H,17,20). The van der Waals surface area contributed by atoms with E-state index in [0.717, 1.165) is 17.4 Å². The number of nitrogens with zero attached hydrogens (tertiary/aromatic N) is 3. The number of benzene rings is 1. The lowest BCUT2D eigenvalue weighted by Crippen LogP contribution is -2.48. The first kappa shape index (κ1) is 17.7. The normalized spacial score (nSPS) is 16.0. The van der Waals surface area contributed by atoms with E-state index in [4.69, 9.17) is 5.21 Å². The van der Waals surface area contributed by atoms with E-state index in [-0.39, 0.29) is 22.9 Å². The molecular weight excluding hydrogens is 371 g/mol. The molecule has 0 atom stereocenters. The van der Waals surface area contributed by atoms with Crippen molar-refractivity contribution in [3.63, 3.8) is 0 Å². The molecule has 1 aromatic carbocycles. The minimum Gasteiger partial charge on any atom is -0.345 e. The van der Waals surface area contributed by atoms with Crippen LogP contribution in [0.25, 0.3) is 0 Å². The number of halogens is 1. The zero-order valence-electron chi connectivity index (χ0n) is 12.9. The van der Waals surface area contributed by atoms with Gasteiger partial charge in [-0.05, 0) is 12.1 Å². The molecule has 11 heteroatoms. The van der Waals surface area contributed by atoms with Crippen LogP contribution < -0.4 is 10.4 Å². The summed E-state index contributed by atoms with van der Waals surface area (Å²) in [6.07, 6.45) is 1.34. The third-order valence-electron chi connectivity index (χ3n) is 3.78. The summed E-state index contributed by atoms with van der Waals surface area (Å²) in [7, 11) is -3.89. The Labute approximate surface area is 147 Å². The number of piperazine rings is 1. The smallest absolute Gasteiger partial charge is 0.286 e. The quantitative estimate of drug-likeness (QED) is 0.598. The highest BCUT2D eigenvalue weighted by Gasteiger charge is 2.31. The SMILES string of the molecule is O=C(NO)c1cnc(N2CCN(S(=O)(=O)c3ccccc3F)CC2)s1. The second-order valence-electron chi connectivity index (χ2n) is 5.27. The topological polar surface area (TPSA) is 103 Å². The number of hydrogen-bond acceptors (Lipinski definition) is 7. The number of carbonyl (C=O) groups excluding carboxylic acids is 1. The van der Waals surface area contributed by atoms with E-state index in [1.807, 2.05) is 4.90 Å². The second-order valence-corrected chi connectivity index (χ2v) is 8.19. The lowest BCUT2D eigenvalue weighted by atomic mass is 10.3. The Bertz CT molecular complexity index is 878. The largest absolute Gasteiger partial charge is 0.345 e. The van der Waals surface area contributed by atoms with E-state index >= 15 is 0 Å². The van der Waals surface area contributed by atoms with Crippen molar-refractivity contribution >= 4 is 32.4 Å². The maximum absolute atomic E-state index is 13.8. The Kier molecular flexibility index (Phi) is 4.99. The molecule has 1 saturated heterocycles. The number of hydroxylamine groups is 1. The van der Waals surface area contributed by atoms with Crippen LogP contribution >= 0.6 is 11.3 Å². The number of hydrogen-bond donors (Lipinski definition) is 2. The molecule has 0 spiro atoms. The summed E-state index contributed by atoms with van der Waals surface area (Å²) in [5.74, 6) is -1.42. The first-order valence-electron chi connectivity index (χ1n) is 7.33. The van der Waals surface area contributed by atoms with E-state index in [0.29, 0.717) is 18.2 Å². The Hall–Kier alpha value is -2.08. The van der Waals surface area contributed by atoms with Gasteiger partial charge in [0.2, 0.25) is 10.0 Å². The summed E-state index contributed by atoms with van der Waals surface area (Å²) in [4.78, 5) is 17.2. The molecule has 1 aliphatic rings. The average Bonchev–Trinajstić information content (AvgIpc) is 3.11. The van der Waals surface area contributed by atoms with Gasteiger partial charge in [-0.2, -0.15) is 4.31 Å². The maximum atomic E-state index is 13.8. The Morgan fingerprint density at radius 1 is 1.24 bits per heavy atom. The number of thiazole rings is 1. The number of rotatable bonds is 4. The summed E-state index contributed by atoms with van der Waals surface area (Å²) in [5, 5.41) is 9.18. The van der Waals surface area contributed by atoms with Crippen molar-refractivity contribution in [1.82, 2.24) is 14.8 Å². The van der Waals surface area contributed by atoms with Gasteiger partial charge in [-0.1, -0.05) is 23.5 Å². The van der Waals surface area contributed by atoms with Crippen LogP contribution in [0.4, 0.5) is 9.52 Å². The minimum atomic E-state index is -3.89. The van der Waals surface area contributed by atoms with Crippen molar-refractivity contribution in [1.29, 1.82) is 0 Å².